The van der Waals surface area contributed by atoms with Gasteiger partial charge < -0.3 is 9.84 Å². The van der Waals surface area contributed by atoms with Gasteiger partial charge in [0.25, 0.3) is 0 Å². The second-order valence-corrected chi connectivity index (χ2v) is 7.21. The molecule has 2 aromatic carbocycles. The zero-order valence-electron chi connectivity index (χ0n) is 13.9. The normalized spacial score (nSPS) is 20.9. The molecule has 24 heavy (non-hydrogen) atoms. The second kappa shape index (κ2) is 5.23. The van der Waals surface area contributed by atoms with E-state index in [2.05, 4.69) is 0 Å². The van der Waals surface area contributed by atoms with E-state index in [9.17, 15) is 9.90 Å². The lowest BCUT2D eigenvalue weighted by molar-refractivity contribution is 0.0964. The van der Waals surface area contributed by atoms with E-state index in [4.69, 9.17) is 4.74 Å². The Morgan fingerprint density at radius 2 is 1.88 bits per heavy atom. The maximum atomic E-state index is 12.6. The zero-order chi connectivity index (χ0) is 16.9. The molecule has 122 valence electrons. The van der Waals surface area contributed by atoms with Crippen LogP contribution in [0.15, 0.2) is 42.5 Å². The Labute approximate surface area is 141 Å². The number of benzene rings is 2. The summed E-state index contributed by atoms with van der Waals surface area (Å²) in [7, 11) is 0. The highest BCUT2D eigenvalue weighted by molar-refractivity contribution is 6.00. The van der Waals surface area contributed by atoms with Crippen LogP contribution in [0.4, 0.5) is 0 Å². The van der Waals surface area contributed by atoms with Crippen molar-refractivity contribution in [2.75, 3.05) is 0 Å². The number of hydrogen-bond acceptors (Lipinski definition) is 3. The number of Topliss-reactive ketones (excluding diaryl/α,β-unsaturated/α-hetero) is 1. The zero-order valence-corrected chi connectivity index (χ0v) is 13.9. The number of phenolic OH excluding ortho intramolecular Hbond substituents is 1. The van der Waals surface area contributed by atoms with Crippen LogP contribution in [0.3, 0.4) is 0 Å². The summed E-state index contributed by atoms with van der Waals surface area (Å²) < 4.78 is 6.05. The van der Waals surface area contributed by atoms with E-state index in [0.717, 1.165) is 34.4 Å². The number of carbonyl (C=O) groups excluding carboxylic acids is 1. The number of phenols is 1. The Morgan fingerprint density at radius 1 is 1.12 bits per heavy atom. The summed E-state index contributed by atoms with van der Waals surface area (Å²) in [6.45, 7) is 4.05. The van der Waals surface area contributed by atoms with E-state index >= 15 is 0 Å². The molecule has 1 N–H and O–H groups in total. The largest absolute Gasteiger partial charge is 0.508 e. The molecule has 0 aromatic heterocycles. The summed E-state index contributed by atoms with van der Waals surface area (Å²) in [5.74, 6) is 1.42. The maximum Gasteiger partial charge on any atom is 0.163 e. The highest BCUT2D eigenvalue weighted by Crippen LogP contribution is 2.39. The van der Waals surface area contributed by atoms with Gasteiger partial charge in [-0.2, -0.15) is 0 Å². The van der Waals surface area contributed by atoms with E-state index in [-0.39, 0.29) is 23.1 Å². The van der Waals surface area contributed by atoms with E-state index in [0.29, 0.717) is 6.42 Å². The number of rotatable bonds is 1. The lowest BCUT2D eigenvalue weighted by Crippen LogP contribution is -2.28. The van der Waals surface area contributed by atoms with Crippen molar-refractivity contribution in [1.82, 2.24) is 0 Å². The van der Waals surface area contributed by atoms with E-state index in [1.807, 2.05) is 50.3 Å². The minimum atomic E-state index is -0.323. The summed E-state index contributed by atoms with van der Waals surface area (Å²) in [6.07, 6.45) is 5.38. The third kappa shape index (κ3) is 2.60. The van der Waals surface area contributed by atoms with E-state index < -0.39 is 0 Å². The van der Waals surface area contributed by atoms with E-state index in [1.165, 1.54) is 0 Å². The van der Waals surface area contributed by atoms with Crippen LogP contribution in [0.1, 0.15) is 53.2 Å². The number of hydrogen-bond donors (Lipinski definition) is 1. The van der Waals surface area contributed by atoms with Crippen molar-refractivity contribution in [3.05, 3.63) is 64.7 Å². The third-order valence-corrected chi connectivity index (χ3v) is 4.84. The first-order valence-electron chi connectivity index (χ1n) is 8.29. The number of carbonyl (C=O) groups is 1. The van der Waals surface area contributed by atoms with Gasteiger partial charge in [-0.05, 0) is 67.7 Å². The second-order valence-electron chi connectivity index (χ2n) is 7.21. The molecule has 0 bridgehead atoms. The predicted molar refractivity (Wildman–Crippen MR) is 93.7 cm³/mol. The first-order valence-corrected chi connectivity index (χ1v) is 8.29. The van der Waals surface area contributed by atoms with Gasteiger partial charge in [-0.25, -0.2) is 0 Å². The molecule has 1 aliphatic carbocycles. The van der Waals surface area contributed by atoms with Crippen LogP contribution in [0, 0.1) is 0 Å². The molecule has 0 unspecified atom stereocenters. The lowest BCUT2D eigenvalue weighted by Gasteiger charge is -2.30. The molecule has 1 atom stereocenters. The number of ketones is 1. The monoisotopic (exact) mass is 320 g/mol. The van der Waals surface area contributed by atoms with Gasteiger partial charge in [0, 0.05) is 17.5 Å². The molecule has 0 saturated carbocycles. The van der Waals surface area contributed by atoms with Gasteiger partial charge in [-0.1, -0.05) is 18.2 Å². The van der Waals surface area contributed by atoms with E-state index in [1.54, 1.807) is 12.1 Å². The molecule has 3 heteroatoms. The molecule has 4 rings (SSSR count). The molecule has 2 aromatic rings. The van der Waals surface area contributed by atoms with Gasteiger partial charge in [0.2, 0.25) is 0 Å². The SMILES string of the molecule is CC1(C)C=Cc2cc3c(cc2O1)C[C@H](c1ccc(O)cc1)CC3=O. The van der Waals surface area contributed by atoms with Crippen LogP contribution in [-0.2, 0) is 6.42 Å². The van der Waals surface area contributed by atoms with Gasteiger partial charge in [0.15, 0.2) is 5.78 Å². The standard InChI is InChI=1S/C21H20O3/c1-21(2)8-7-14-10-18-16(12-20(14)24-21)9-15(11-19(18)23)13-3-5-17(22)6-4-13/h3-8,10,12,15,22H,9,11H2,1-2H3/t15-/m0/s1. The Kier molecular flexibility index (Phi) is 3.27. The molecule has 3 nitrogen and oxygen atoms in total. The fourth-order valence-corrected chi connectivity index (χ4v) is 3.55. The van der Waals surface area contributed by atoms with Crippen molar-refractivity contribution < 1.29 is 14.6 Å². The lowest BCUT2D eigenvalue weighted by atomic mass is 9.78. The number of ether oxygens (including phenoxy) is 1. The Morgan fingerprint density at radius 3 is 2.62 bits per heavy atom. The predicted octanol–water partition coefficient (Wildman–Crippen LogP) is 4.49. The quantitative estimate of drug-likeness (QED) is 0.842. The molecule has 0 saturated heterocycles. The fourth-order valence-electron chi connectivity index (χ4n) is 3.55. The highest BCUT2D eigenvalue weighted by atomic mass is 16.5. The minimum absolute atomic E-state index is 0.149. The van der Waals surface area contributed by atoms with Crippen molar-refractivity contribution in [1.29, 1.82) is 0 Å². The molecule has 0 spiro atoms. The van der Waals surface area contributed by atoms with Crippen molar-refractivity contribution in [3.8, 4) is 11.5 Å². The van der Waals surface area contributed by atoms with Crippen LogP contribution in [0.25, 0.3) is 6.08 Å². The molecule has 2 aliphatic rings. The van der Waals surface area contributed by atoms with Gasteiger partial charge in [0.1, 0.15) is 17.1 Å². The average Bonchev–Trinajstić information content (AvgIpc) is 2.53. The third-order valence-electron chi connectivity index (χ3n) is 4.84. The maximum absolute atomic E-state index is 12.6. The fraction of sp³-hybridized carbons (Fsp3) is 0.286. The molecular weight excluding hydrogens is 300 g/mol. The smallest absolute Gasteiger partial charge is 0.163 e. The summed E-state index contributed by atoms with van der Waals surface area (Å²) in [5, 5.41) is 9.46. The van der Waals surface area contributed by atoms with Crippen LogP contribution in [-0.4, -0.2) is 16.5 Å². The summed E-state index contributed by atoms with van der Waals surface area (Å²) in [5.41, 5.74) is 3.61. The molecule has 0 radical (unpaired) electrons. The number of aromatic hydroxyl groups is 1. The Hall–Kier alpha value is -2.55. The van der Waals surface area contributed by atoms with Crippen molar-refractivity contribution in [3.63, 3.8) is 0 Å². The average molecular weight is 320 g/mol. The van der Waals surface area contributed by atoms with Crippen LogP contribution < -0.4 is 4.74 Å². The van der Waals surface area contributed by atoms with Crippen LogP contribution >= 0.6 is 0 Å². The summed E-state index contributed by atoms with van der Waals surface area (Å²) in [6, 6.07) is 11.2. The van der Waals surface area contributed by atoms with Crippen molar-refractivity contribution in [2.24, 2.45) is 0 Å². The van der Waals surface area contributed by atoms with Crippen molar-refractivity contribution >= 4 is 11.9 Å². The summed E-state index contributed by atoms with van der Waals surface area (Å²) in [4.78, 5) is 12.6. The molecule has 0 fully saturated rings. The first-order chi connectivity index (χ1) is 11.4. The van der Waals surface area contributed by atoms with Crippen LogP contribution in [0.5, 0.6) is 11.5 Å². The Bertz CT molecular complexity index is 844. The topological polar surface area (TPSA) is 46.5 Å². The van der Waals surface area contributed by atoms with Crippen LogP contribution in [0.2, 0.25) is 0 Å². The van der Waals surface area contributed by atoms with Gasteiger partial charge in [0.05, 0.1) is 0 Å². The van der Waals surface area contributed by atoms with Gasteiger partial charge in [-0.3, -0.25) is 4.79 Å². The van der Waals surface area contributed by atoms with Gasteiger partial charge in [-0.15, -0.1) is 0 Å². The first kappa shape index (κ1) is 15.0. The van der Waals surface area contributed by atoms with Gasteiger partial charge >= 0.3 is 0 Å². The molecular formula is C21H20O3. The summed E-state index contributed by atoms with van der Waals surface area (Å²) >= 11 is 0. The Balaban J connectivity index is 1.71. The number of fused-ring (bicyclic) bond motifs is 2. The molecule has 1 aliphatic heterocycles. The van der Waals surface area contributed by atoms with Crippen molar-refractivity contribution in [2.45, 2.75) is 38.2 Å². The molecule has 1 heterocycles. The minimum Gasteiger partial charge on any atom is -0.508 e. The molecule has 0 amide bonds. The highest BCUT2D eigenvalue weighted by Gasteiger charge is 2.29.